The van der Waals surface area contributed by atoms with E-state index in [1.54, 1.807) is 19.0 Å². The van der Waals surface area contributed by atoms with E-state index in [1.165, 1.54) is 10.9 Å². The largest absolute Gasteiger partial charge is 0.469 e. The normalized spacial score (nSPS) is 26.5. The number of imidazole rings is 1. The maximum absolute atomic E-state index is 11.8. The summed E-state index contributed by atoms with van der Waals surface area (Å²) in [6, 6.07) is 0. The van der Waals surface area contributed by atoms with Crippen LogP contribution in [0.3, 0.4) is 0 Å². The average Bonchev–Trinajstić information content (AvgIpc) is 3.06. The summed E-state index contributed by atoms with van der Waals surface area (Å²) in [6.07, 6.45) is -4.02. The molecule has 0 saturated carbocycles. The summed E-state index contributed by atoms with van der Waals surface area (Å²) in [4.78, 5) is 41.5. The average molecular weight is 391 g/mol. The first-order valence-corrected chi connectivity index (χ1v) is 8.97. The molecule has 5 N–H and O–H groups in total. The minimum Gasteiger partial charge on any atom is -0.387 e. The lowest BCUT2D eigenvalue weighted by Gasteiger charge is -2.17. The number of aromatic nitrogens is 4. The summed E-state index contributed by atoms with van der Waals surface area (Å²) in [5.41, 5.74) is -0.183. The number of aliphatic hydroxyl groups is 2. The van der Waals surface area contributed by atoms with E-state index < -0.39 is 44.7 Å². The molecule has 3 rings (SSSR count). The molecule has 26 heavy (non-hydrogen) atoms. The Kier molecular flexibility index (Phi) is 4.88. The van der Waals surface area contributed by atoms with Gasteiger partial charge in [-0.3, -0.25) is 14.1 Å². The van der Waals surface area contributed by atoms with Gasteiger partial charge in [-0.05, 0) is 0 Å². The minimum absolute atomic E-state index is 0.116. The third-order valence-electron chi connectivity index (χ3n) is 3.89. The first-order chi connectivity index (χ1) is 12.1. The number of anilines is 1. The molecule has 2 aromatic rings. The van der Waals surface area contributed by atoms with Gasteiger partial charge in [0.1, 0.15) is 29.6 Å². The van der Waals surface area contributed by atoms with Crippen LogP contribution in [0.25, 0.3) is 11.2 Å². The Morgan fingerprint density at radius 2 is 2.08 bits per heavy atom. The van der Waals surface area contributed by atoms with Crippen molar-refractivity contribution in [2.45, 2.75) is 24.5 Å². The summed E-state index contributed by atoms with van der Waals surface area (Å²) in [7, 11) is -1.37. The van der Waals surface area contributed by atoms with Crippen molar-refractivity contribution in [3.05, 3.63) is 16.8 Å². The van der Waals surface area contributed by atoms with E-state index >= 15 is 0 Å². The molecule has 4 atom stereocenters. The molecule has 0 spiro atoms. The zero-order valence-corrected chi connectivity index (χ0v) is 14.6. The van der Waals surface area contributed by atoms with E-state index in [-0.39, 0.29) is 5.65 Å². The molecule has 1 saturated heterocycles. The number of phosphoric acid groups is 1. The van der Waals surface area contributed by atoms with E-state index in [4.69, 9.17) is 14.5 Å². The van der Waals surface area contributed by atoms with Crippen molar-refractivity contribution in [1.29, 1.82) is 0 Å². The Bertz CT molecular complexity index is 907. The third kappa shape index (κ3) is 3.50. The zero-order chi connectivity index (χ0) is 19.2. The molecule has 14 heteroatoms. The van der Waals surface area contributed by atoms with Crippen LogP contribution in [-0.4, -0.2) is 78.5 Å². The third-order valence-corrected chi connectivity index (χ3v) is 4.38. The van der Waals surface area contributed by atoms with E-state index in [0.717, 1.165) is 0 Å². The summed E-state index contributed by atoms with van der Waals surface area (Å²) in [5, 5.41) is 20.3. The van der Waals surface area contributed by atoms with E-state index in [1.807, 2.05) is 0 Å². The van der Waals surface area contributed by atoms with Crippen molar-refractivity contribution >= 4 is 24.8 Å². The van der Waals surface area contributed by atoms with Gasteiger partial charge in [-0.1, -0.05) is 0 Å². The van der Waals surface area contributed by atoms with Gasteiger partial charge in [-0.25, -0.2) is 14.3 Å². The molecular formula is C12H18N5O8P. The number of hydrogen-bond acceptors (Lipinski definition) is 9. The number of fused-ring (bicyclic) bond motifs is 1. The Hall–Kier alpha value is -1.86. The fourth-order valence-corrected chi connectivity index (χ4v) is 3.04. The van der Waals surface area contributed by atoms with E-state index in [9.17, 15) is 19.6 Å². The van der Waals surface area contributed by atoms with Crippen molar-refractivity contribution in [3.63, 3.8) is 0 Å². The van der Waals surface area contributed by atoms with Crippen molar-refractivity contribution < 1.29 is 33.8 Å². The van der Waals surface area contributed by atoms with Gasteiger partial charge in [0.05, 0.1) is 12.9 Å². The molecule has 144 valence electrons. The van der Waals surface area contributed by atoms with Gasteiger partial charge in [0.25, 0.3) is 0 Å². The van der Waals surface area contributed by atoms with Crippen LogP contribution in [0.15, 0.2) is 11.1 Å². The molecule has 1 aliphatic heterocycles. The topological polar surface area (TPSA) is 183 Å². The van der Waals surface area contributed by atoms with Gasteiger partial charge in [0, 0.05) is 14.1 Å². The van der Waals surface area contributed by atoms with Gasteiger partial charge in [-0.15, -0.1) is 0 Å². The lowest BCUT2D eigenvalue weighted by molar-refractivity contribution is -0.0504. The standard InChI is InChI=1S/C12H18N5O8P/c1-16(2)9-6-10(15-12(20)14-9)17(4-13-6)11-8(19)7(18)5(25-11)3-24-26(21,22)23/h4-5,7-8,11,18-19H,3H2,1-2H3,(H,14,15,20)(H2,21,22,23)/t5-,7-,8-,11-/m1/s1. The second kappa shape index (κ2) is 6.70. The molecule has 0 aliphatic carbocycles. The first kappa shape index (κ1) is 18.9. The molecule has 0 radical (unpaired) electrons. The predicted octanol–water partition coefficient (Wildman–Crippen LogP) is -2.09. The predicted molar refractivity (Wildman–Crippen MR) is 86.4 cm³/mol. The molecule has 0 unspecified atom stereocenters. The smallest absolute Gasteiger partial charge is 0.387 e. The molecule has 3 heterocycles. The van der Waals surface area contributed by atoms with Gasteiger partial charge >= 0.3 is 13.5 Å². The quantitative estimate of drug-likeness (QED) is 0.352. The van der Waals surface area contributed by atoms with Crippen LogP contribution in [0.5, 0.6) is 0 Å². The molecule has 2 aromatic heterocycles. The molecule has 1 aliphatic rings. The number of ether oxygens (including phenoxy) is 1. The second-order valence-electron chi connectivity index (χ2n) is 5.94. The van der Waals surface area contributed by atoms with Crippen molar-refractivity contribution in [2.75, 3.05) is 25.6 Å². The van der Waals surface area contributed by atoms with Gasteiger partial charge in [0.15, 0.2) is 11.9 Å². The number of nitrogens with one attached hydrogen (secondary N) is 1. The highest BCUT2D eigenvalue weighted by Gasteiger charge is 2.45. The van der Waals surface area contributed by atoms with Crippen LogP contribution in [0.4, 0.5) is 5.82 Å². The number of rotatable bonds is 5. The highest BCUT2D eigenvalue weighted by Crippen LogP contribution is 2.38. The maximum Gasteiger partial charge on any atom is 0.469 e. The summed E-state index contributed by atoms with van der Waals surface area (Å²) >= 11 is 0. The highest BCUT2D eigenvalue weighted by atomic mass is 31.2. The molecule has 0 bridgehead atoms. The van der Waals surface area contributed by atoms with Crippen LogP contribution in [0.2, 0.25) is 0 Å². The van der Waals surface area contributed by atoms with Gasteiger partial charge in [-0.2, -0.15) is 4.98 Å². The first-order valence-electron chi connectivity index (χ1n) is 7.44. The van der Waals surface area contributed by atoms with Crippen LogP contribution in [-0.2, 0) is 13.8 Å². The summed E-state index contributed by atoms with van der Waals surface area (Å²) < 4.78 is 21.9. The lowest BCUT2D eigenvalue weighted by atomic mass is 10.1. The van der Waals surface area contributed by atoms with Crippen molar-refractivity contribution in [1.82, 2.24) is 19.5 Å². The van der Waals surface area contributed by atoms with Crippen molar-refractivity contribution in [3.8, 4) is 0 Å². The fourth-order valence-electron chi connectivity index (χ4n) is 2.69. The monoisotopic (exact) mass is 391 g/mol. The van der Waals surface area contributed by atoms with Crippen LogP contribution >= 0.6 is 7.82 Å². The van der Waals surface area contributed by atoms with E-state index in [0.29, 0.717) is 11.3 Å². The Morgan fingerprint density at radius 3 is 2.69 bits per heavy atom. The minimum atomic E-state index is -4.76. The number of nitrogens with zero attached hydrogens (tertiary/aromatic N) is 4. The summed E-state index contributed by atoms with van der Waals surface area (Å²) in [5.74, 6) is 0.396. The van der Waals surface area contributed by atoms with E-state index in [2.05, 4.69) is 19.5 Å². The van der Waals surface area contributed by atoms with Crippen LogP contribution < -0.4 is 10.6 Å². The molecule has 13 nitrogen and oxygen atoms in total. The number of H-pyrrole nitrogens is 1. The molecule has 0 aromatic carbocycles. The number of phosphoric ester groups is 1. The number of hydrogen-bond donors (Lipinski definition) is 5. The van der Waals surface area contributed by atoms with Gasteiger partial charge < -0.3 is 29.6 Å². The van der Waals surface area contributed by atoms with Crippen molar-refractivity contribution in [2.24, 2.45) is 0 Å². The molecular weight excluding hydrogens is 373 g/mol. The molecule has 0 amide bonds. The Balaban J connectivity index is 1.94. The SMILES string of the molecule is CN(C)c1[nH]c(=O)nc2c1ncn2[C@@H]1O[C@H](COP(=O)(O)O)[C@@H](O)[C@H]1O. The maximum atomic E-state index is 11.8. The summed E-state index contributed by atoms with van der Waals surface area (Å²) in [6.45, 7) is -0.636. The number of aromatic amines is 1. The Labute approximate surface area is 146 Å². The molecule has 1 fully saturated rings. The highest BCUT2D eigenvalue weighted by molar-refractivity contribution is 7.46. The zero-order valence-electron chi connectivity index (χ0n) is 13.8. The van der Waals surface area contributed by atoms with Gasteiger partial charge in [0.2, 0.25) is 0 Å². The number of aliphatic hydroxyl groups excluding tert-OH is 2. The Morgan fingerprint density at radius 1 is 1.38 bits per heavy atom. The second-order valence-corrected chi connectivity index (χ2v) is 7.18. The van der Waals surface area contributed by atoms with Crippen LogP contribution in [0, 0.1) is 0 Å². The fraction of sp³-hybridized carbons (Fsp3) is 0.583. The van der Waals surface area contributed by atoms with Crippen LogP contribution in [0.1, 0.15) is 6.23 Å². The lowest BCUT2D eigenvalue weighted by Crippen LogP contribution is -2.33.